The highest BCUT2D eigenvalue weighted by molar-refractivity contribution is 5.89. The molecule has 0 aromatic carbocycles. The summed E-state index contributed by atoms with van der Waals surface area (Å²) in [6, 6.07) is 3.94. The summed E-state index contributed by atoms with van der Waals surface area (Å²) in [6.07, 6.45) is 0.631. The zero-order valence-electron chi connectivity index (χ0n) is 13.1. The summed E-state index contributed by atoms with van der Waals surface area (Å²) in [7, 11) is 1.57. The second kappa shape index (κ2) is 9.01. The Morgan fingerprint density at radius 2 is 2.00 bits per heavy atom. The van der Waals surface area contributed by atoms with Crippen LogP contribution in [-0.4, -0.2) is 61.0 Å². The fourth-order valence-corrected chi connectivity index (χ4v) is 2.61. The lowest BCUT2D eigenvalue weighted by atomic mass is 10.1. The summed E-state index contributed by atoms with van der Waals surface area (Å²) in [5.74, 6) is -0.599. The van der Waals surface area contributed by atoms with Gasteiger partial charge < -0.3 is 14.5 Å². The maximum atomic E-state index is 12.5. The van der Waals surface area contributed by atoms with Crippen molar-refractivity contribution in [2.75, 3.05) is 33.4 Å². The van der Waals surface area contributed by atoms with E-state index in [-0.39, 0.29) is 37.1 Å². The van der Waals surface area contributed by atoms with E-state index in [1.807, 2.05) is 19.1 Å². The first kappa shape index (κ1) is 17.9. The van der Waals surface area contributed by atoms with Crippen molar-refractivity contribution in [3.63, 3.8) is 0 Å². The lowest BCUT2D eigenvalue weighted by Gasteiger charge is -2.26. The molecule has 1 rings (SSSR count). The first-order chi connectivity index (χ1) is 10.5. The standard InChI is InChI=1S/C15H22N4O3/c1-12(11-22-2)19-10-13(9-14(19)20)15(21)18(7-3-5-16)8-4-6-17/h12-13H,3-4,7-11H2,1-2H3/t12-,13-/m0/s1. The van der Waals surface area contributed by atoms with Crippen LogP contribution < -0.4 is 0 Å². The number of methoxy groups -OCH3 is 1. The second-order valence-electron chi connectivity index (χ2n) is 5.39. The van der Waals surface area contributed by atoms with Crippen LogP contribution in [0.25, 0.3) is 0 Å². The Morgan fingerprint density at radius 3 is 2.50 bits per heavy atom. The molecule has 1 fully saturated rings. The van der Waals surface area contributed by atoms with Crippen LogP contribution in [0, 0.1) is 28.6 Å². The van der Waals surface area contributed by atoms with Crippen molar-refractivity contribution < 1.29 is 14.3 Å². The molecule has 0 spiro atoms. The zero-order chi connectivity index (χ0) is 16.5. The molecule has 0 aliphatic carbocycles. The molecule has 0 aromatic rings. The molecule has 1 saturated heterocycles. The van der Waals surface area contributed by atoms with Gasteiger partial charge in [-0.15, -0.1) is 0 Å². The van der Waals surface area contributed by atoms with Gasteiger partial charge in [0, 0.05) is 33.2 Å². The monoisotopic (exact) mass is 306 g/mol. The number of carbonyl (C=O) groups is 2. The molecule has 0 bridgehead atoms. The Balaban J connectivity index is 2.68. The Bertz CT molecular complexity index is 462. The van der Waals surface area contributed by atoms with Crippen molar-refractivity contribution in [1.29, 1.82) is 10.5 Å². The average molecular weight is 306 g/mol. The predicted molar refractivity (Wildman–Crippen MR) is 78.2 cm³/mol. The molecule has 0 unspecified atom stereocenters. The fourth-order valence-electron chi connectivity index (χ4n) is 2.61. The van der Waals surface area contributed by atoms with Gasteiger partial charge in [0.1, 0.15) is 0 Å². The first-order valence-electron chi connectivity index (χ1n) is 7.36. The molecule has 22 heavy (non-hydrogen) atoms. The molecule has 0 radical (unpaired) electrons. The van der Waals surface area contributed by atoms with E-state index in [2.05, 4.69) is 0 Å². The van der Waals surface area contributed by atoms with Gasteiger partial charge in [0.2, 0.25) is 11.8 Å². The number of nitriles is 2. The second-order valence-corrected chi connectivity index (χ2v) is 5.39. The van der Waals surface area contributed by atoms with Gasteiger partial charge in [-0.05, 0) is 6.92 Å². The minimum Gasteiger partial charge on any atom is -0.383 e. The van der Waals surface area contributed by atoms with Crippen LogP contribution in [0.4, 0.5) is 0 Å². The Morgan fingerprint density at radius 1 is 1.41 bits per heavy atom. The molecular weight excluding hydrogens is 284 g/mol. The third kappa shape index (κ3) is 4.71. The number of hydrogen-bond donors (Lipinski definition) is 0. The summed E-state index contributed by atoms with van der Waals surface area (Å²) in [6.45, 7) is 3.29. The van der Waals surface area contributed by atoms with Gasteiger partial charge in [0.05, 0.1) is 43.5 Å². The lowest BCUT2D eigenvalue weighted by Crippen LogP contribution is -2.41. The molecule has 1 heterocycles. The van der Waals surface area contributed by atoms with Crippen molar-refractivity contribution in [2.24, 2.45) is 5.92 Å². The molecular formula is C15H22N4O3. The van der Waals surface area contributed by atoms with E-state index in [9.17, 15) is 9.59 Å². The molecule has 7 heteroatoms. The highest BCUT2D eigenvalue weighted by atomic mass is 16.5. The predicted octanol–water partition coefficient (Wildman–Crippen LogP) is 0.526. The van der Waals surface area contributed by atoms with Crippen LogP contribution in [0.15, 0.2) is 0 Å². The molecule has 1 aliphatic rings. The molecule has 0 saturated carbocycles. The van der Waals surface area contributed by atoms with Crippen molar-refractivity contribution in [3.8, 4) is 12.1 Å². The Hall–Kier alpha value is -2.12. The number of nitrogens with zero attached hydrogens (tertiary/aromatic N) is 4. The molecule has 120 valence electrons. The number of hydrogen-bond acceptors (Lipinski definition) is 5. The van der Waals surface area contributed by atoms with Crippen LogP contribution in [0.2, 0.25) is 0 Å². The van der Waals surface area contributed by atoms with Crippen molar-refractivity contribution in [1.82, 2.24) is 9.80 Å². The largest absolute Gasteiger partial charge is 0.383 e. The normalized spacial score (nSPS) is 18.6. The van der Waals surface area contributed by atoms with Crippen LogP contribution in [0.5, 0.6) is 0 Å². The molecule has 0 N–H and O–H groups in total. The van der Waals surface area contributed by atoms with E-state index in [4.69, 9.17) is 15.3 Å². The van der Waals surface area contributed by atoms with E-state index in [0.29, 0.717) is 26.2 Å². The van der Waals surface area contributed by atoms with Gasteiger partial charge in [-0.25, -0.2) is 0 Å². The number of carbonyl (C=O) groups excluding carboxylic acids is 2. The maximum Gasteiger partial charge on any atom is 0.228 e. The summed E-state index contributed by atoms with van der Waals surface area (Å²) in [4.78, 5) is 27.8. The van der Waals surface area contributed by atoms with Crippen molar-refractivity contribution in [3.05, 3.63) is 0 Å². The van der Waals surface area contributed by atoms with Crippen LogP contribution in [-0.2, 0) is 14.3 Å². The number of ether oxygens (including phenoxy) is 1. The minimum absolute atomic E-state index is 0.0524. The van der Waals surface area contributed by atoms with Gasteiger partial charge in [-0.2, -0.15) is 10.5 Å². The first-order valence-corrected chi connectivity index (χ1v) is 7.36. The maximum absolute atomic E-state index is 12.5. The van der Waals surface area contributed by atoms with E-state index in [0.717, 1.165) is 0 Å². The quantitative estimate of drug-likeness (QED) is 0.651. The Labute approximate surface area is 131 Å². The van der Waals surface area contributed by atoms with E-state index < -0.39 is 5.92 Å². The van der Waals surface area contributed by atoms with Crippen LogP contribution in [0.3, 0.4) is 0 Å². The summed E-state index contributed by atoms with van der Waals surface area (Å²) >= 11 is 0. The number of rotatable bonds is 8. The van der Waals surface area contributed by atoms with Crippen LogP contribution in [0.1, 0.15) is 26.2 Å². The number of amides is 2. The van der Waals surface area contributed by atoms with E-state index in [1.54, 1.807) is 12.0 Å². The van der Waals surface area contributed by atoms with Gasteiger partial charge in [-0.1, -0.05) is 0 Å². The van der Waals surface area contributed by atoms with Crippen LogP contribution >= 0.6 is 0 Å². The Kier molecular flexibility index (Phi) is 7.34. The van der Waals surface area contributed by atoms with Gasteiger partial charge in [-0.3, -0.25) is 9.59 Å². The topological polar surface area (TPSA) is 97.4 Å². The number of likely N-dealkylation sites (tertiary alicyclic amines) is 1. The molecule has 7 nitrogen and oxygen atoms in total. The SMILES string of the molecule is COC[C@H](C)N1C[C@@H](C(=O)N(CCC#N)CCC#N)CC1=O. The zero-order valence-corrected chi connectivity index (χ0v) is 13.1. The highest BCUT2D eigenvalue weighted by Crippen LogP contribution is 2.22. The molecule has 1 aliphatic heterocycles. The van der Waals surface area contributed by atoms with Gasteiger partial charge >= 0.3 is 0 Å². The molecule has 2 amide bonds. The third-order valence-corrected chi connectivity index (χ3v) is 3.75. The smallest absolute Gasteiger partial charge is 0.228 e. The average Bonchev–Trinajstić information content (AvgIpc) is 2.89. The summed E-state index contributed by atoms with van der Waals surface area (Å²) in [5.41, 5.74) is 0. The minimum atomic E-state index is -0.399. The van der Waals surface area contributed by atoms with E-state index >= 15 is 0 Å². The van der Waals surface area contributed by atoms with Crippen molar-refractivity contribution in [2.45, 2.75) is 32.2 Å². The molecule has 2 atom stereocenters. The van der Waals surface area contributed by atoms with Crippen molar-refractivity contribution >= 4 is 11.8 Å². The summed E-state index contributed by atoms with van der Waals surface area (Å²) < 4.78 is 5.05. The fraction of sp³-hybridized carbons (Fsp3) is 0.733. The highest BCUT2D eigenvalue weighted by Gasteiger charge is 2.38. The lowest BCUT2D eigenvalue weighted by molar-refractivity contribution is -0.135. The van der Waals surface area contributed by atoms with E-state index in [1.165, 1.54) is 4.90 Å². The molecule has 0 aromatic heterocycles. The van der Waals surface area contributed by atoms with Gasteiger partial charge in [0.25, 0.3) is 0 Å². The third-order valence-electron chi connectivity index (χ3n) is 3.75. The summed E-state index contributed by atoms with van der Waals surface area (Å²) in [5, 5.41) is 17.3. The van der Waals surface area contributed by atoms with Gasteiger partial charge in [0.15, 0.2) is 0 Å².